The first-order chi connectivity index (χ1) is 7.15. The standard InChI is InChI=1S/C11H19N3O/c1-9(7-12)8-14(2)11(15)10-3-5-13-6-4-10/h9-10,13H,3-6,8H2,1-2H3. The van der Waals surface area contributed by atoms with Crippen LogP contribution in [0.2, 0.25) is 0 Å². The molecule has 0 aromatic carbocycles. The van der Waals surface area contributed by atoms with Crippen LogP contribution >= 0.6 is 0 Å². The number of carbonyl (C=O) groups excluding carboxylic acids is 1. The lowest BCUT2D eigenvalue weighted by Crippen LogP contribution is -2.40. The second kappa shape index (κ2) is 5.72. The van der Waals surface area contributed by atoms with E-state index in [1.54, 1.807) is 11.9 Å². The molecule has 1 unspecified atom stereocenters. The van der Waals surface area contributed by atoms with E-state index in [1.807, 2.05) is 6.92 Å². The van der Waals surface area contributed by atoms with Crippen LogP contribution in [0.1, 0.15) is 19.8 Å². The van der Waals surface area contributed by atoms with Crippen molar-refractivity contribution in [3.05, 3.63) is 0 Å². The van der Waals surface area contributed by atoms with Crippen LogP contribution in [-0.4, -0.2) is 37.5 Å². The first-order valence-electron chi connectivity index (χ1n) is 5.50. The number of nitrogens with one attached hydrogen (secondary N) is 1. The van der Waals surface area contributed by atoms with Gasteiger partial charge in [0, 0.05) is 19.5 Å². The molecule has 0 aromatic heterocycles. The highest BCUT2D eigenvalue weighted by molar-refractivity contribution is 5.78. The van der Waals surface area contributed by atoms with Crippen molar-refractivity contribution in [1.82, 2.24) is 10.2 Å². The van der Waals surface area contributed by atoms with Crippen molar-refractivity contribution in [2.45, 2.75) is 19.8 Å². The van der Waals surface area contributed by atoms with Gasteiger partial charge in [0.15, 0.2) is 0 Å². The maximum Gasteiger partial charge on any atom is 0.225 e. The Morgan fingerprint density at radius 1 is 1.60 bits per heavy atom. The third kappa shape index (κ3) is 3.52. The highest BCUT2D eigenvalue weighted by Crippen LogP contribution is 2.14. The van der Waals surface area contributed by atoms with E-state index in [9.17, 15) is 4.79 Å². The van der Waals surface area contributed by atoms with Crippen LogP contribution < -0.4 is 5.32 Å². The van der Waals surface area contributed by atoms with Gasteiger partial charge in [0.1, 0.15) is 0 Å². The Morgan fingerprint density at radius 2 is 2.20 bits per heavy atom. The number of carbonyl (C=O) groups is 1. The van der Waals surface area contributed by atoms with Gasteiger partial charge in [-0.05, 0) is 32.9 Å². The summed E-state index contributed by atoms with van der Waals surface area (Å²) >= 11 is 0. The fraction of sp³-hybridized carbons (Fsp3) is 0.818. The molecular formula is C11H19N3O. The number of piperidine rings is 1. The lowest BCUT2D eigenvalue weighted by Gasteiger charge is -2.27. The Balaban J connectivity index is 2.41. The van der Waals surface area contributed by atoms with Crippen molar-refractivity contribution in [3.8, 4) is 6.07 Å². The fourth-order valence-corrected chi connectivity index (χ4v) is 1.92. The van der Waals surface area contributed by atoms with Gasteiger partial charge in [-0.2, -0.15) is 5.26 Å². The van der Waals surface area contributed by atoms with Crippen LogP contribution in [0.4, 0.5) is 0 Å². The molecule has 1 saturated heterocycles. The van der Waals surface area contributed by atoms with Gasteiger partial charge in [0.25, 0.3) is 0 Å². The highest BCUT2D eigenvalue weighted by Gasteiger charge is 2.24. The number of nitriles is 1. The Bertz CT molecular complexity index is 253. The predicted molar refractivity (Wildman–Crippen MR) is 58.0 cm³/mol. The normalized spacial score (nSPS) is 19.3. The molecule has 1 N–H and O–H groups in total. The lowest BCUT2D eigenvalue weighted by atomic mass is 9.96. The SMILES string of the molecule is CC(C#N)CN(C)C(=O)C1CCNCC1. The average molecular weight is 209 g/mol. The van der Waals surface area contributed by atoms with Gasteiger partial charge in [-0.3, -0.25) is 4.79 Å². The second-order valence-corrected chi connectivity index (χ2v) is 4.27. The molecule has 1 fully saturated rings. The van der Waals surface area contributed by atoms with Crippen LogP contribution in [0.25, 0.3) is 0 Å². The minimum absolute atomic E-state index is 0.0827. The molecule has 15 heavy (non-hydrogen) atoms. The van der Waals surface area contributed by atoms with Gasteiger partial charge in [0.05, 0.1) is 12.0 Å². The molecule has 1 aliphatic rings. The molecule has 0 spiro atoms. The molecule has 0 aliphatic carbocycles. The predicted octanol–water partition coefficient (Wildman–Crippen LogP) is 0.604. The molecule has 84 valence electrons. The summed E-state index contributed by atoms with van der Waals surface area (Å²) in [5.74, 6) is 0.265. The maximum absolute atomic E-state index is 11.9. The van der Waals surface area contributed by atoms with Crippen LogP contribution in [0.15, 0.2) is 0 Å². The summed E-state index contributed by atoms with van der Waals surface area (Å²) in [6.45, 7) is 4.24. The molecule has 1 aliphatic heterocycles. The molecule has 4 heteroatoms. The minimum Gasteiger partial charge on any atom is -0.344 e. The minimum atomic E-state index is -0.0827. The van der Waals surface area contributed by atoms with E-state index in [0.29, 0.717) is 6.54 Å². The van der Waals surface area contributed by atoms with E-state index < -0.39 is 0 Å². The molecule has 0 radical (unpaired) electrons. The van der Waals surface area contributed by atoms with Gasteiger partial charge >= 0.3 is 0 Å². The van der Waals surface area contributed by atoms with Crippen molar-refractivity contribution in [2.24, 2.45) is 11.8 Å². The summed E-state index contributed by atoms with van der Waals surface area (Å²) < 4.78 is 0. The van der Waals surface area contributed by atoms with Crippen molar-refractivity contribution in [3.63, 3.8) is 0 Å². The summed E-state index contributed by atoms with van der Waals surface area (Å²) in [5, 5.41) is 11.9. The Labute approximate surface area is 91.2 Å². The zero-order chi connectivity index (χ0) is 11.3. The summed E-state index contributed by atoms with van der Waals surface area (Å²) in [6, 6.07) is 2.15. The van der Waals surface area contributed by atoms with Crippen LogP contribution in [0.5, 0.6) is 0 Å². The molecule has 1 atom stereocenters. The van der Waals surface area contributed by atoms with Crippen molar-refractivity contribution in [2.75, 3.05) is 26.7 Å². The van der Waals surface area contributed by atoms with E-state index in [1.165, 1.54) is 0 Å². The molecule has 0 saturated carbocycles. The zero-order valence-electron chi connectivity index (χ0n) is 9.49. The largest absolute Gasteiger partial charge is 0.344 e. The number of hydrogen-bond donors (Lipinski definition) is 1. The van der Waals surface area contributed by atoms with Crippen molar-refractivity contribution >= 4 is 5.91 Å². The van der Waals surface area contributed by atoms with Gasteiger partial charge in [-0.1, -0.05) is 0 Å². The molecule has 1 heterocycles. The van der Waals surface area contributed by atoms with Crippen LogP contribution in [-0.2, 0) is 4.79 Å². The zero-order valence-corrected chi connectivity index (χ0v) is 9.49. The fourth-order valence-electron chi connectivity index (χ4n) is 1.92. The quantitative estimate of drug-likeness (QED) is 0.740. The Hall–Kier alpha value is -1.08. The van der Waals surface area contributed by atoms with E-state index in [2.05, 4.69) is 11.4 Å². The van der Waals surface area contributed by atoms with Crippen molar-refractivity contribution in [1.29, 1.82) is 5.26 Å². The first kappa shape index (κ1) is 12.0. The van der Waals surface area contributed by atoms with Gasteiger partial charge in [-0.25, -0.2) is 0 Å². The van der Waals surface area contributed by atoms with Gasteiger partial charge in [0.2, 0.25) is 5.91 Å². The summed E-state index contributed by atoms with van der Waals surface area (Å²) in [7, 11) is 1.79. The first-order valence-corrected chi connectivity index (χ1v) is 5.50. The number of rotatable bonds is 3. The monoisotopic (exact) mass is 209 g/mol. The topological polar surface area (TPSA) is 56.1 Å². The molecule has 0 bridgehead atoms. The Morgan fingerprint density at radius 3 is 2.73 bits per heavy atom. The molecular weight excluding hydrogens is 190 g/mol. The molecule has 0 aromatic rings. The number of hydrogen-bond acceptors (Lipinski definition) is 3. The third-order valence-corrected chi connectivity index (χ3v) is 2.83. The third-order valence-electron chi connectivity index (χ3n) is 2.83. The highest BCUT2D eigenvalue weighted by atomic mass is 16.2. The maximum atomic E-state index is 11.9. The van der Waals surface area contributed by atoms with E-state index in [4.69, 9.17) is 5.26 Å². The van der Waals surface area contributed by atoms with E-state index in [-0.39, 0.29) is 17.7 Å². The second-order valence-electron chi connectivity index (χ2n) is 4.27. The smallest absolute Gasteiger partial charge is 0.225 e. The lowest BCUT2D eigenvalue weighted by molar-refractivity contribution is -0.135. The Kier molecular flexibility index (Phi) is 4.57. The van der Waals surface area contributed by atoms with E-state index >= 15 is 0 Å². The number of amides is 1. The molecule has 4 nitrogen and oxygen atoms in total. The summed E-state index contributed by atoms with van der Waals surface area (Å²) in [4.78, 5) is 13.6. The van der Waals surface area contributed by atoms with Crippen LogP contribution in [0, 0.1) is 23.2 Å². The summed E-state index contributed by atoms with van der Waals surface area (Å²) in [6.07, 6.45) is 1.84. The van der Waals surface area contributed by atoms with E-state index in [0.717, 1.165) is 25.9 Å². The molecule has 1 amide bonds. The number of nitrogens with zero attached hydrogens (tertiary/aromatic N) is 2. The molecule has 1 rings (SSSR count). The van der Waals surface area contributed by atoms with Gasteiger partial charge in [-0.15, -0.1) is 0 Å². The van der Waals surface area contributed by atoms with Crippen molar-refractivity contribution < 1.29 is 4.79 Å². The van der Waals surface area contributed by atoms with Crippen LogP contribution in [0.3, 0.4) is 0 Å². The average Bonchev–Trinajstić information content (AvgIpc) is 2.29. The van der Waals surface area contributed by atoms with Gasteiger partial charge < -0.3 is 10.2 Å². The summed E-state index contributed by atoms with van der Waals surface area (Å²) in [5.41, 5.74) is 0.